The molecule has 1 spiro atoms. The van der Waals surface area contributed by atoms with Crippen LogP contribution in [-0.4, -0.2) is 63.9 Å². The first-order chi connectivity index (χ1) is 21.0. The second kappa shape index (κ2) is 10.2. The molecular weight excluding hydrogens is 538 g/mol. The molecule has 2 aliphatic heterocycles. The molecule has 1 saturated carbocycles. The number of nitrogens with one attached hydrogen (secondary N) is 3. The van der Waals surface area contributed by atoms with E-state index in [1.165, 1.54) is 18.4 Å². The Bertz CT molecular complexity index is 1590. The summed E-state index contributed by atoms with van der Waals surface area (Å²) in [6, 6.07) is 10.3. The molecule has 8 nitrogen and oxygen atoms in total. The average molecular weight is 584 g/mol. The minimum absolute atomic E-state index is 0.0235. The lowest BCUT2D eigenvalue weighted by atomic mass is 9.49. The van der Waals surface area contributed by atoms with E-state index in [4.69, 9.17) is 9.73 Å². The van der Waals surface area contributed by atoms with Crippen molar-refractivity contribution in [1.29, 1.82) is 0 Å². The van der Waals surface area contributed by atoms with Crippen molar-refractivity contribution < 1.29 is 14.9 Å². The monoisotopic (exact) mass is 583 g/mol. The first-order valence-corrected chi connectivity index (χ1v) is 16.6. The highest BCUT2D eigenvalue weighted by atomic mass is 16.5. The Morgan fingerprint density at radius 3 is 2.84 bits per heavy atom. The van der Waals surface area contributed by atoms with E-state index in [2.05, 4.69) is 58.6 Å². The molecule has 2 bridgehead atoms. The van der Waals surface area contributed by atoms with Crippen LogP contribution in [0.25, 0.3) is 10.9 Å². The number of nitrogens with zero attached hydrogens (tertiary/aromatic N) is 2. The van der Waals surface area contributed by atoms with Gasteiger partial charge in [-0.15, -0.1) is 0 Å². The summed E-state index contributed by atoms with van der Waals surface area (Å²) in [5.41, 5.74) is 4.93. The molecule has 1 saturated heterocycles. The summed E-state index contributed by atoms with van der Waals surface area (Å²) in [6.07, 6.45) is 8.82. The number of phenols is 1. The molecule has 0 amide bonds. The molecule has 228 valence electrons. The van der Waals surface area contributed by atoms with E-state index in [-0.39, 0.29) is 17.9 Å². The van der Waals surface area contributed by atoms with Gasteiger partial charge in [-0.3, -0.25) is 9.89 Å². The van der Waals surface area contributed by atoms with Gasteiger partial charge in [-0.1, -0.05) is 32.8 Å². The topological polar surface area (TPSA) is 105 Å². The Kier molecular flexibility index (Phi) is 6.46. The average Bonchev–Trinajstić information content (AvgIpc) is 3.64. The normalized spacial score (nSPS) is 28.9. The minimum atomic E-state index is -0.989. The zero-order valence-electron chi connectivity index (χ0n) is 25.5. The maximum Gasteiger partial charge on any atom is 0.195 e. The molecule has 3 heterocycles. The number of unbranched alkanes of at least 4 members (excludes halogenated alkanes) is 2. The summed E-state index contributed by atoms with van der Waals surface area (Å²) in [7, 11) is 0. The first kappa shape index (κ1) is 27.3. The van der Waals surface area contributed by atoms with Crippen LogP contribution in [0.2, 0.25) is 0 Å². The van der Waals surface area contributed by atoms with Gasteiger partial charge in [0.25, 0.3) is 0 Å². The fourth-order valence-corrected chi connectivity index (χ4v) is 8.71. The van der Waals surface area contributed by atoms with Gasteiger partial charge in [-0.2, -0.15) is 0 Å². The third kappa shape index (κ3) is 4.05. The molecule has 43 heavy (non-hydrogen) atoms. The molecular formula is C35H45N5O3. The molecule has 5 N–H and O–H groups in total. The number of piperidine rings is 1. The molecule has 2 aromatic carbocycles. The van der Waals surface area contributed by atoms with E-state index < -0.39 is 11.0 Å². The highest BCUT2D eigenvalue weighted by Gasteiger charge is 2.72. The van der Waals surface area contributed by atoms with Crippen molar-refractivity contribution in [2.75, 3.05) is 31.5 Å². The molecule has 3 aliphatic carbocycles. The number of benzene rings is 2. The first-order valence-electron chi connectivity index (χ1n) is 16.6. The number of aliphatic imine (C=N–C) groups is 1. The van der Waals surface area contributed by atoms with E-state index in [1.54, 1.807) is 6.07 Å². The fourth-order valence-electron chi connectivity index (χ4n) is 8.71. The molecule has 3 aromatic rings. The molecule has 0 radical (unpaired) electrons. The van der Waals surface area contributed by atoms with Crippen molar-refractivity contribution in [3.8, 4) is 11.5 Å². The van der Waals surface area contributed by atoms with Crippen LogP contribution in [0, 0.1) is 5.92 Å². The van der Waals surface area contributed by atoms with Gasteiger partial charge < -0.3 is 30.6 Å². The molecule has 8 heteroatoms. The highest BCUT2D eigenvalue weighted by Crippen LogP contribution is 2.69. The summed E-state index contributed by atoms with van der Waals surface area (Å²) < 4.78 is 6.76. The lowest BCUT2D eigenvalue weighted by Gasteiger charge is -2.62. The predicted molar refractivity (Wildman–Crippen MR) is 170 cm³/mol. The number of H-pyrrole nitrogens is 1. The number of aromatic nitrogens is 1. The van der Waals surface area contributed by atoms with E-state index in [1.807, 2.05) is 0 Å². The SMILES string of the molecule is CCCCN=C(NCCCC)Nc1ccc2[nH]c3c(c2c1)C[C@@]1(O)C2Cc4ccc(O)c5c4[C@@]1(CCN2CC1CC1)[C@H]3O5. The van der Waals surface area contributed by atoms with Crippen molar-refractivity contribution in [1.82, 2.24) is 15.2 Å². The molecule has 1 aromatic heterocycles. The summed E-state index contributed by atoms with van der Waals surface area (Å²) in [4.78, 5) is 11.1. The predicted octanol–water partition coefficient (Wildman–Crippen LogP) is 5.53. The maximum atomic E-state index is 13.1. The van der Waals surface area contributed by atoms with Crippen LogP contribution >= 0.6 is 0 Å². The van der Waals surface area contributed by atoms with Gasteiger partial charge in [0.05, 0.1) is 16.7 Å². The lowest BCUT2D eigenvalue weighted by Crippen LogP contribution is -2.74. The molecule has 5 aliphatic rings. The number of phenolic OH excluding ortho intramolecular Hbond substituents is 1. The van der Waals surface area contributed by atoms with Crippen molar-refractivity contribution in [3.05, 3.63) is 52.7 Å². The number of aromatic hydroxyl groups is 1. The van der Waals surface area contributed by atoms with Crippen LogP contribution in [0.1, 0.15) is 87.3 Å². The maximum absolute atomic E-state index is 13.1. The van der Waals surface area contributed by atoms with Gasteiger partial charge in [0.15, 0.2) is 23.6 Å². The van der Waals surface area contributed by atoms with Gasteiger partial charge in [0, 0.05) is 54.3 Å². The number of guanidine groups is 1. The number of rotatable bonds is 9. The lowest BCUT2D eigenvalue weighted by molar-refractivity contribution is -0.173. The molecule has 8 rings (SSSR count). The number of hydrogen-bond acceptors (Lipinski definition) is 5. The van der Waals surface area contributed by atoms with Crippen molar-refractivity contribution in [2.24, 2.45) is 10.9 Å². The van der Waals surface area contributed by atoms with Crippen LogP contribution < -0.4 is 15.4 Å². The quantitative estimate of drug-likeness (QED) is 0.129. The van der Waals surface area contributed by atoms with Crippen molar-refractivity contribution >= 4 is 22.5 Å². The Morgan fingerprint density at radius 1 is 1.16 bits per heavy atom. The summed E-state index contributed by atoms with van der Waals surface area (Å²) in [6.45, 7) is 8.08. The number of likely N-dealkylation sites (tertiary alicyclic amines) is 1. The zero-order valence-corrected chi connectivity index (χ0v) is 25.5. The van der Waals surface area contributed by atoms with Gasteiger partial charge >= 0.3 is 0 Å². The Morgan fingerprint density at radius 2 is 2.02 bits per heavy atom. The van der Waals surface area contributed by atoms with E-state index in [0.717, 1.165) is 110 Å². The minimum Gasteiger partial charge on any atom is -0.504 e. The van der Waals surface area contributed by atoms with Crippen molar-refractivity contribution in [3.63, 3.8) is 0 Å². The second-order valence-corrected chi connectivity index (χ2v) is 13.7. The Hall–Kier alpha value is -3.23. The third-order valence-electron chi connectivity index (χ3n) is 11.0. The fraction of sp³-hybridized carbons (Fsp3) is 0.571. The van der Waals surface area contributed by atoms with Crippen LogP contribution in [0.3, 0.4) is 0 Å². The standard InChI is InChI=1S/C35H45N5O3/c1-3-5-14-36-33(37-15-6-4-2)38-23-10-11-26-24(18-23)25-19-35(42)28-17-22-9-12-27(41)31-29(22)34(35,32(43-31)30(25)39-26)13-16-40(28)20-21-7-8-21/h9-12,18,21,28,32,39,41-42H,3-8,13-17,19-20H2,1-2H3,(H2,36,37,38)/t28?,32-,34-,35+/m0/s1. The number of hydrogen-bond donors (Lipinski definition) is 5. The van der Waals surface area contributed by atoms with Crippen LogP contribution in [0.15, 0.2) is 35.3 Å². The van der Waals surface area contributed by atoms with Gasteiger partial charge in [0.1, 0.15) is 0 Å². The summed E-state index contributed by atoms with van der Waals surface area (Å²) in [5.74, 6) is 2.33. The molecule has 1 unspecified atom stereocenters. The van der Waals surface area contributed by atoms with E-state index >= 15 is 0 Å². The third-order valence-corrected chi connectivity index (χ3v) is 11.0. The van der Waals surface area contributed by atoms with Gasteiger partial charge in [-0.25, -0.2) is 0 Å². The largest absolute Gasteiger partial charge is 0.504 e. The van der Waals surface area contributed by atoms with Gasteiger partial charge in [-0.05, 0) is 86.4 Å². The van der Waals surface area contributed by atoms with E-state index in [0.29, 0.717) is 12.2 Å². The van der Waals surface area contributed by atoms with Crippen LogP contribution in [-0.2, 0) is 18.3 Å². The smallest absolute Gasteiger partial charge is 0.195 e. The number of fused-ring (bicyclic) bond motifs is 4. The second-order valence-electron chi connectivity index (χ2n) is 13.7. The molecule has 4 atom stereocenters. The number of anilines is 1. The number of ether oxygens (including phenoxy) is 1. The number of aliphatic hydroxyl groups is 1. The Labute approximate surface area is 253 Å². The zero-order chi connectivity index (χ0) is 29.3. The Balaban J connectivity index is 1.21. The summed E-state index contributed by atoms with van der Waals surface area (Å²) in [5, 5.41) is 32.3. The van der Waals surface area contributed by atoms with Crippen LogP contribution in [0.5, 0.6) is 11.5 Å². The number of aromatic amines is 1. The highest BCUT2D eigenvalue weighted by molar-refractivity contribution is 5.97. The summed E-state index contributed by atoms with van der Waals surface area (Å²) >= 11 is 0. The molecule has 2 fully saturated rings. The van der Waals surface area contributed by atoms with Gasteiger partial charge in [0.2, 0.25) is 0 Å². The van der Waals surface area contributed by atoms with E-state index in [9.17, 15) is 10.2 Å². The van der Waals surface area contributed by atoms with Crippen LogP contribution in [0.4, 0.5) is 5.69 Å². The van der Waals surface area contributed by atoms with Crippen molar-refractivity contribution in [2.45, 2.75) is 94.8 Å².